The molecule has 0 aliphatic heterocycles. The second-order valence-corrected chi connectivity index (χ2v) is 14.4. The van der Waals surface area contributed by atoms with Crippen molar-refractivity contribution in [1.29, 1.82) is 0 Å². The summed E-state index contributed by atoms with van der Waals surface area (Å²) in [5, 5.41) is 0. The molecule has 0 N–H and O–H groups in total. The van der Waals surface area contributed by atoms with Crippen LogP contribution in [0.1, 0.15) is 25.7 Å². The van der Waals surface area contributed by atoms with Crippen molar-refractivity contribution in [2.24, 2.45) is 11.8 Å². The Morgan fingerprint density at radius 1 is 1.10 bits per heavy atom. The van der Waals surface area contributed by atoms with Crippen molar-refractivity contribution in [2.45, 2.75) is 30.1 Å². The molecular weight excluding hydrogens is 359 g/mol. The van der Waals surface area contributed by atoms with Gasteiger partial charge in [-0.25, -0.2) is 0 Å². The van der Waals surface area contributed by atoms with Crippen LogP contribution in [0, 0.1) is 11.8 Å². The molecular formula is C16H26O3Sn. The van der Waals surface area contributed by atoms with E-state index >= 15 is 0 Å². The summed E-state index contributed by atoms with van der Waals surface area (Å²) in [5.41, 5.74) is 1.57. The molecule has 1 unspecified atom stereocenters. The Morgan fingerprint density at radius 2 is 1.85 bits per heavy atom. The van der Waals surface area contributed by atoms with E-state index in [2.05, 4.69) is 30.4 Å². The molecule has 20 heavy (non-hydrogen) atoms. The molecule has 4 heteroatoms. The third-order valence-corrected chi connectivity index (χ3v) is 12.4. The van der Waals surface area contributed by atoms with Crippen LogP contribution in [-0.2, 0) is 9.22 Å². The third kappa shape index (κ3) is 3.97. The van der Waals surface area contributed by atoms with E-state index in [1.165, 1.54) is 12.8 Å². The molecule has 0 radical (unpaired) electrons. The molecule has 3 nitrogen and oxygen atoms in total. The topological polar surface area (TPSA) is 27.7 Å². The van der Waals surface area contributed by atoms with Crippen molar-refractivity contribution < 1.29 is 9.22 Å². The SMILES string of the molecule is C[O][Sn]([CH2]CC1C=C[C@H](C2=CC=CC2)CC1)([O]C)[O]C. The molecule has 0 amide bonds. The summed E-state index contributed by atoms with van der Waals surface area (Å²) in [7, 11) is 5.15. The molecule has 2 atom stereocenters. The summed E-state index contributed by atoms with van der Waals surface area (Å²) >= 11 is -3.17. The van der Waals surface area contributed by atoms with Crippen LogP contribution >= 0.6 is 0 Å². The monoisotopic (exact) mass is 386 g/mol. The van der Waals surface area contributed by atoms with Gasteiger partial charge in [-0.3, -0.25) is 0 Å². The summed E-state index contributed by atoms with van der Waals surface area (Å²) in [4.78, 5) is 0. The quantitative estimate of drug-likeness (QED) is 0.494. The van der Waals surface area contributed by atoms with Gasteiger partial charge in [-0.05, 0) is 0 Å². The van der Waals surface area contributed by atoms with Crippen LogP contribution in [0.25, 0.3) is 0 Å². The predicted octanol–water partition coefficient (Wildman–Crippen LogP) is 3.72. The van der Waals surface area contributed by atoms with E-state index in [-0.39, 0.29) is 0 Å². The Hall–Kier alpha value is -0.101. The minimum atomic E-state index is -3.17. The van der Waals surface area contributed by atoms with Gasteiger partial charge in [-0.15, -0.1) is 0 Å². The Labute approximate surface area is 128 Å². The van der Waals surface area contributed by atoms with Gasteiger partial charge < -0.3 is 0 Å². The van der Waals surface area contributed by atoms with Crippen LogP contribution in [0.5, 0.6) is 0 Å². The standard InChI is InChI=1S/C13H17.3CH3O.Sn/c1-2-11-7-9-13(10-8-11)12-5-3-4-6-12;3*1-2;/h3-5,7,9,11,13H,1-2,6,8,10H2;3*1H3;/q;3*-1;+3/t11?,13-;;;;/m0..../s1. The molecule has 2 aliphatic rings. The molecule has 2 rings (SSSR count). The maximum absolute atomic E-state index is 5.55. The fourth-order valence-corrected chi connectivity index (χ4v) is 8.33. The first-order chi connectivity index (χ1) is 9.73. The van der Waals surface area contributed by atoms with E-state index in [0.717, 1.165) is 17.3 Å². The summed E-state index contributed by atoms with van der Waals surface area (Å²) in [6.07, 6.45) is 16.3. The van der Waals surface area contributed by atoms with Crippen molar-refractivity contribution >= 4 is 19.6 Å². The van der Waals surface area contributed by atoms with Gasteiger partial charge in [0.15, 0.2) is 0 Å². The maximum atomic E-state index is 5.55. The van der Waals surface area contributed by atoms with Crippen LogP contribution in [0.4, 0.5) is 0 Å². The van der Waals surface area contributed by atoms with Crippen LogP contribution in [-0.4, -0.2) is 40.9 Å². The Balaban J connectivity index is 1.82. The van der Waals surface area contributed by atoms with E-state index in [9.17, 15) is 0 Å². The Morgan fingerprint density at radius 3 is 2.35 bits per heavy atom. The van der Waals surface area contributed by atoms with Crippen molar-refractivity contribution in [2.75, 3.05) is 21.3 Å². The van der Waals surface area contributed by atoms with Gasteiger partial charge in [0.25, 0.3) is 0 Å². The Bertz CT molecular complexity index is 388. The van der Waals surface area contributed by atoms with Gasteiger partial charge in [0.1, 0.15) is 0 Å². The molecule has 0 heterocycles. The molecule has 0 fully saturated rings. The number of allylic oxidation sites excluding steroid dienone is 6. The molecule has 0 saturated heterocycles. The number of rotatable bonds is 7. The second kappa shape index (κ2) is 7.78. The molecule has 0 saturated carbocycles. The average molecular weight is 385 g/mol. The van der Waals surface area contributed by atoms with Crippen LogP contribution in [0.15, 0.2) is 36.0 Å². The molecule has 2 aliphatic carbocycles. The first kappa shape index (κ1) is 16.3. The van der Waals surface area contributed by atoms with Gasteiger partial charge in [0.05, 0.1) is 0 Å². The third-order valence-electron chi connectivity index (χ3n) is 4.49. The van der Waals surface area contributed by atoms with Gasteiger partial charge in [0.2, 0.25) is 0 Å². The van der Waals surface area contributed by atoms with Crippen molar-refractivity contribution in [3.05, 3.63) is 36.0 Å². The van der Waals surface area contributed by atoms with E-state index in [1.54, 1.807) is 26.9 Å². The minimum absolute atomic E-state index is 0.651. The molecule has 112 valence electrons. The van der Waals surface area contributed by atoms with Crippen LogP contribution in [0.3, 0.4) is 0 Å². The second-order valence-electron chi connectivity index (χ2n) is 5.54. The summed E-state index contributed by atoms with van der Waals surface area (Å²) in [6.45, 7) is 0. The molecule has 0 aromatic carbocycles. The fourth-order valence-electron chi connectivity index (χ4n) is 3.08. The first-order valence-electron chi connectivity index (χ1n) is 7.42. The van der Waals surface area contributed by atoms with Gasteiger partial charge >= 0.3 is 128 Å². The van der Waals surface area contributed by atoms with Crippen molar-refractivity contribution in [3.63, 3.8) is 0 Å². The van der Waals surface area contributed by atoms with Gasteiger partial charge in [-0.2, -0.15) is 0 Å². The van der Waals surface area contributed by atoms with Crippen LogP contribution in [0.2, 0.25) is 4.44 Å². The zero-order valence-electron chi connectivity index (χ0n) is 12.8. The predicted molar refractivity (Wildman–Crippen MR) is 83.4 cm³/mol. The van der Waals surface area contributed by atoms with E-state index < -0.39 is 19.6 Å². The normalized spacial score (nSPS) is 26.1. The van der Waals surface area contributed by atoms with Gasteiger partial charge in [-0.1, -0.05) is 0 Å². The number of hydrogen-bond acceptors (Lipinski definition) is 3. The first-order valence-corrected chi connectivity index (χ1v) is 12.9. The van der Waals surface area contributed by atoms with E-state index in [0.29, 0.717) is 11.8 Å². The molecule has 0 aromatic heterocycles. The zero-order valence-corrected chi connectivity index (χ0v) is 15.7. The van der Waals surface area contributed by atoms with Crippen LogP contribution < -0.4 is 0 Å². The number of hydrogen-bond donors (Lipinski definition) is 0. The zero-order chi connectivity index (χ0) is 14.4. The molecule has 0 aromatic rings. The molecule has 0 spiro atoms. The van der Waals surface area contributed by atoms with E-state index in [1.807, 2.05) is 0 Å². The van der Waals surface area contributed by atoms with E-state index in [4.69, 9.17) is 9.22 Å². The molecule has 0 bridgehead atoms. The van der Waals surface area contributed by atoms with Crippen molar-refractivity contribution in [3.8, 4) is 0 Å². The Kier molecular flexibility index (Phi) is 6.33. The fraction of sp³-hybridized carbons (Fsp3) is 0.625. The van der Waals surface area contributed by atoms with Gasteiger partial charge in [0, 0.05) is 0 Å². The summed E-state index contributed by atoms with van der Waals surface area (Å²) in [6, 6.07) is 0. The van der Waals surface area contributed by atoms with Crippen molar-refractivity contribution in [1.82, 2.24) is 0 Å². The average Bonchev–Trinajstić information content (AvgIpc) is 3.04. The summed E-state index contributed by atoms with van der Waals surface area (Å²) in [5.74, 6) is 1.31. The summed E-state index contributed by atoms with van der Waals surface area (Å²) < 4.78 is 17.6.